The molecule has 0 N–H and O–H groups in total. The van der Waals surface area contributed by atoms with Crippen molar-refractivity contribution in [3.8, 4) is 0 Å². The molecule has 0 bridgehead atoms. The average Bonchev–Trinajstić information content (AvgIpc) is 2.63. The summed E-state index contributed by atoms with van der Waals surface area (Å²) in [5.41, 5.74) is 0. The number of allylic oxidation sites excluding steroid dienone is 8. The highest BCUT2D eigenvalue weighted by Crippen LogP contribution is 2.41. The second-order valence-corrected chi connectivity index (χ2v) is 7.56. The first-order chi connectivity index (χ1) is 12.3. The van der Waals surface area contributed by atoms with E-state index in [1.165, 1.54) is 44.9 Å². The van der Waals surface area contributed by atoms with Crippen LogP contribution in [0.1, 0.15) is 85.5 Å². The van der Waals surface area contributed by atoms with Crippen molar-refractivity contribution in [3.63, 3.8) is 0 Å². The highest BCUT2D eigenvalue weighted by molar-refractivity contribution is 5.17. The first kappa shape index (κ1) is 22.0. The Morgan fingerprint density at radius 1 is 0.720 bits per heavy atom. The van der Waals surface area contributed by atoms with Gasteiger partial charge in [-0.25, -0.2) is 0 Å². The van der Waals surface area contributed by atoms with Gasteiger partial charge in [0.05, 0.1) is 0 Å². The van der Waals surface area contributed by atoms with Gasteiger partial charge in [-0.15, -0.1) is 0 Å². The molecule has 25 heavy (non-hydrogen) atoms. The molecule has 0 amide bonds. The van der Waals surface area contributed by atoms with E-state index in [2.05, 4.69) is 76.3 Å². The maximum absolute atomic E-state index is 2.54. The Hall–Kier alpha value is -1.04. The number of unbranched alkanes of at least 4 members (excludes halogenated alkanes) is 3. The van der Waals surface area contributed by atoms with E-state index >= 15 is 0 Å². The summed E-state index contributed by atoms with van der Waals surface area (Å²) in [7, 11) is 0. The van der Waals surface area contributed by atoms with Crippen molar-refractivity contribution in [2.45, 2.75) is 85.5 Å². The summed E-state index contributed by atoms with van der Waals surface area (Å²) in [4.78, 5) is 0. The van der Waals surface area contributed by atoms with Gasteiger partial charge in [0.1, 0.15) is 0 Å². The van der Waals surface area contributed by atoms with Crippen LogP contribution in [0.5, 0.6) is 0 Å². The largest absolute Gasteiger partial charge is 0.0882 e. The van der Waals surface area contributed by atoms with Crippen molar-refractivity contribution in [1.29, 1.82) is 0 Å². The van der Waals surface area contributed by atoms with Crippen LogP contribution in [0.2, 0.25) is 0 Å². The van der Waals surface area contributed by atoms with Crippen LogP contribution < -0.4 is 0 Å². The molecule has 0 aliphatic heterocycles. The lowest BCUT2D eigenvalue weighted by atomic mass is 9.67. The van der Waals surface area contributed by atoms with Crippen molar-refractivity contribution < 1.29 is 0 Å². The normalized spacial score (nSPS) is 27.2. The predicted molar refractivity (Wildman–Crippen MR) is 115 cm³/mol. The van der Waals surface area contributed by atoms with E-state index in [9.17, 15) is 0 Å². The number of rotatable bonds is 12. The van der Waals surface area contributed by atoms with Crippen molar-refractivity contribution in [1.82, 2.24) is 0 Å². The maximum atomic E-state index is 2.54. The standard InChI is InChI=1S/C25H42/c1-5-9-13-15-19-25-23(17-12-8-4)21-20-22(16-11-7-3)24(25)18-14-10-6-2/h9,11,13,15-16,19-25H,5-8,10,12,14,17-18H2,1-4H3/b13-9+,16-11+,19-15+. The Balaban J connectivity index is 2.99. The molecule has 1 aliphatic carbocycles. The van der Waals surface area contributed by atoms with E-state index in [4.69, 9.17) is 0 Å². The van der Waals surface area contributed by atoms with Gasteiger partial charge in [0.25, 0.3) is 0 Å². The summed E-state index contributed by atoms with van der Waals surface area (Å²) in [6.07, 6.45) is 30.9. The van der Waals surface area contributed by atoms with Gasteiger partial charge in [-0.3, -0.25) is 0 Å². The van der Waals surface area contributed by atoms with E-state index < -0.39 is 0 Å². The average molecular weight is 343 g/mol. The molecule has 0 aromatic carbocycles. The summed E-state index contributed by atoms with van der Waals surface area (Å²) in [5.74, 6) is 2.82. The third-order valence-electron chi connectivity index (χ3n) is 5.51. The van der Waals surface area contributed by atoms with Crippen molar-refractivity contribution >= 4 is 0 Å². The van der Waals surface area contributed by atoms with E-state index in [0.717, 1.165) is 24.7 Å². The monoisotopic (exact) mass is 342 g/mol. The maximum Gasteiger partial charge on any atom is -0.00193 e. The lowest BCUT2D eigenvalue weighted by Crippen LogP contribution is -2.30. The molecule has 0 saturated heterocycles. The molecular formula is C25H42. The topological polar surface area (TPSA) is 0 Å². The lowest BCUT2D eigenvalue weighted by molar-refractivity contribution is 0.231. The molecule has 0 nitrogen and oxygen atoms in total. The highest BCUT2D eigenvalue weighted by Gasteiger charge is 2.32. The van der Waals surface area contributed by atoms with Crippen LogP contribution in [0.4, 0.5) is 0 Å². The molecule has 0 fully saturated rings. The first-order valence-electron chi connectivity index (χ1n) is 11.0. The van der Waals surface area contributed by atoms with Crippen molar-refractivity contribution in [3.05, 3.63) is 48.6 Å². The zero-order valence-corrected chi connectivity index (χ0v) is 17.3. The van der Waals surface area contributed by atoms with Gasteiger partial charge in [0.15, 0.2) is 0 Å². The summed E-state index contributed by atoms with van der Waals surface area (Å²) < 4.78 is 0. The van der Waals surface area contributed by atoms with Crippen LogP contribution in [0.15, 0.2) is 48.6 Å². The summed E-state index contributed by atoms with van der Waals surface area (Å²) >= 11 is 0. The molecule has 0 saturated carbocycles. The predicted octanol–water partition coefficient (Wildman–Crippen LogP) is 8.28. The van der Waals surface area contributed by atoms with Gasteiger partial charge in [0.2, 0.25) is 0 Å². The molecule has 0 radical (unpaired) electrons. The van der Waals surface area contributed by atoms with Crippen LogP contribution in [0, 0.1) is 23.7 Å². The second kappa shape index (κ2) is 14.2. The first-order valence-corrected chi connectivity index (χ1v) is 11.0. The third kappa shape index (κ3) is 8.25. The van der Waals surface area contributed by atoms with Gasteiger partial charge >= 0.3 is 0 Å². The Morgan fingerprint density at radius 3 is 2.16 bits per heavy atom. The second-order valence-electron chi connectivity index (χ2n) is 7.56. The summed E-state index contributed by atoms with van der Waals surface area (Å²) in [6, 6.07) is 0. The fraction of sp³-hybridized carbons (Fsp3) is 0.680. The number of hydrogen-bond acceptors (Lipinski definition) is 0. The minimum atomic E-state index is 0.625. The molecule has 4 unspecified atom stereocenters. The molecule has 0 aromatic rings. The summed E-state index contributed by atoms with van der Waals surface area (Å²) in [5, 5.41) is 0. The molecular weight excluding hydrogens is 300 g/mol. The smallest absolute Gasteiger partial charge is 0.00193 e. The SMILES string of the molecule is CC/C=C/C=C/C1C(CCCC)C=CC(/C=C/CC)C1CCCCC. The van der Waals surface area contributed by atoms with Crippen LogP contribution in [-0.2, 0) is 0 Å². The molecule has 1 aliphatic rings. The Morgan fingerprint density at radius 2 is 1.48 bits per heavy atom. The van der Waals surface area contributed by atoms with Gasteiger partial charge in [-0.2, -0.15) is 0 Å². The van der Waals surface area contributed by atoms with E-state index in [1.807, 2.05) is 0 Å². The van der Waals surface area contributed by atoms with E-state index in [0.29, 0.717) is 11.8 Å². The Labute approximate surface area is 158 Å². The third-order valence-corrected chi connectivity index (χ3v) is 5.51. The molecule has 0 aromatic heterocycles. The Kier molecular flexibility index (Phi) is 12.5. The van der Waals surface area contributed by atoms with Gasteiger partial charge in [-0.1, -0.05) is 108 Å². The zero-order chi connectivity index (χ0) is 18.3. The fourth-order valence-electron chi connectivity index (χ4n) is 4.05. The molecule has 0 heteroatoms. The fourth-order valence-corrected chi connectivity index (χ4v) is 4.05. The molecule has 0 spiro atoms. The van der Waals surface area contributed by atoms with Gasteiger partial charge in [-0.05, 0) is 49.4 Å². The van der Waals surface area contributed by atoms with Gasteiger partial charge in [0, 0.05) is 0 Å². The van der Waals surface area contributed by atoms with Crippen molar-refractivity contribution in [2.24, 2.45) is 23.7 Å². The number of hydrogen-bond donors (Lipinski definition) is 0. The van der Waals surface area contributed by atoms with Crippen LogP contribution in [0.3, 0.4) is 0 Å². The van der Waals surface area contributed by atoms with Crippen LogP contribution in [0.25, 0.3) is 0 Å². The van der Waals surface area contributed by atoms with E-state index in [1.54, 1.807) is 0 Å². The summed E-state index contributed by atoms with van der Waals surface area (Å²) in [6.45, 7) is 9.07. The zero-order valence-electron chi connectivity index (χ0n) is 17.3. The molecule has 142 valence electrons. The molecule has 4 atom stereocenters. The lowest BCUT2D eigenvalue weighted by Gasteiger charge is -2.38. The Bertz CT molecular complexity index is 423. The highest BCUT2D eigenvalue weighted by atomic mass is 14.4. The quantitative estimate of drug-likeness (QED) is 0.190. The minimum absolute atomic E-state index is 0.625. The molecule has 1 rings (SSSR count). The van der Waals surface area contributed by atoms with Crippen LogP contribution >= 0.6 is 0 Å². The van der Waals surface area contributed by atoms with Gasteiger partial charge < -0.3 is 0 Å². The molecule has 0 heterocycles. The van der Waals surface area contributed by atoms with Crippen LogP contribution in [-0.4, -0.2) is 0 Å². The van der Waals surface area contributed by atoms with E-state index in [-0.39, 0.29) is 0 Å². The van der Waals surface area contributed by atoms with Crippen molar-refractivity contribution in [2.75, 3.05) is 0 Å². The minimum Gasteiger partial charge on any atom is -0.0882 e.